The van der Waals surface area contributed by atoms with Gasteiger partial charge in [-0.05, 0) is 25.3 Å². The summed E-state index contributed by atoms with van der Waals surface area (Å²) in [5, 5.41) is 7.59. The molecule has 2 aromatic rings. The lowest BCUT2D eigenvalue weighted by atomic mass is 9.76. The fraction of sp³-hybridized carbons (Fsp3) is 0.500. The monoisotopic (exact) mass is 274 g/mol. The van der Waals surface area contributed by atoms with Gasteiger partial charge in [-0.1, -0.05) is 11.2 Å². The number of rotatable bonds is 5. The second kappa shape index (κ2) is 5.20. The topological polar surface area (TPSA) is 73.1 Å². The average Bonchev–Trinajstić information content (AvgIpc) is 2.85. The number of aryl methyl sites for hydroxylation is 1. The van der Waals surface area contributed by atoms with Crippen molar-refractivity contribution >= 4 is 0 Å². The van der Waals surface area contributed by atoms with Gasteiger partial charge in [-0.15, -0.1) is 0 Å². The standard InChI is InChI=1S/C14H18N4O2/c1-10-16-13(18-20-10)14(7-4-8-14)15-9-11-5-3-6-12(17-11)19-2/h3,5-6,15H,4,7-9H2,1-2H3. The normalized spacial score (nSPS) is 16.7. The summed E-state index contributed by atoms with van der Waals surface area (Å²) in [5.41, 5.74) is 0.776. The third-order valence-electron chi connectivity index (χ3n) is 3.76. The van der Waals surface area contributed by atoms with Crippen molar-refractivity contribution in [2.75, 3.05) is 7.11 Å². The number of nitrogens with zero attached hydrogens (tertiary/aromatic N) is 3. The van der Waals surface area contributed by atoms with Crippen molar-refractivity contribution in [2.45, 2.75) is 38.3 Å². The maximum absolute atomic E-state index is 5.14. The number of methoxy groups -OCH3 is 1. The molecular formula is C14H18N4O2. The number of hydrogen-bond donors (Lipinski definition) is 1. The van der Waals surface area contributed by atoms with Crippen molar-refractivity contribution in [3.63, 3.8) is 0 Å². The molecule has 0 spiro atoms. The van der Waals surface area contributed by atoms with E-state index in [0.29, 0.717) is 18.3 Å². The van der Waals surface area contributed by atoms with Crippen molar-refractivity contribution in [3.05, 3.63) is 35.6 Å². The van der Waals surface area contributed by atoms with E-state index in [1.165, 1.54) is 6.42 Å². The zero-order chi connectivity index (χ0) is 14.0. The Hall–Kier alpha value is -1.95. The van der Waals surface area contributed by atoms with E-state index in [-0.39, 0.29) is 5.54 Å². The highest BCUT2D eigenvalue weighted by Gasteiger charge is 2.42. The summed E-state index contributed by atoms with van der Waals surface area (Å²) in [6, 6.07) is 5.75. The Balaban J connectivity index is 1.72. The van der Waals surface area contributed by atoms with Crippen LogP contribution in [0.5, 0.6) is 5.88 Å². The molecule has 1 fully saturated rings. The summed E-state index contributed by atoms with van der Waals surface area (Å²) in [5.74, 6) is 1.99. The number of ether oxygens (including phenoxy) is 1. The van der Waals surface area contributed by atoms with Gasteiger partial charge in [-0.25, -0.2) is 4.98 Å². The second-order valence-electron chi connectivity index (χ2n) is 5.10. The van der Waals surface area contributed by atoms with E-state index in [1.807, 2.05) is 25.1 Å². The van der Waals surface area contributed by atoms with Gasteiger partial charge >= 0.3 is 0 Å². The zero-order valence-corrected chi connectivity index (χ0v) is 11.7. The lowest BCUT2D eigenvalue weighted by molar-refractivity contribution is 0.164. The fourth-order valence-electron chi connectivity index (χ4n) is 2.43. The average molecular weight is 274 g/mol. The highest BCUT2D eigenvalue weighted by Crippen LogP contribution is 2.39. The first kappa shape index (κ1) is 13.1. The van der Waals surface area contributed by atoms with Crippen LogP contribution in [0.15, 0.2) is 22.7 Å². The summed E-state index contributed by atoms with van der Waals surface area (Å²) in [4.78, 5) is 8.77. The third kappa shape index (κ3) is 2.38. The molecule has 1 aliphatic carbocycles. The molecule has 0 radical (unpaired) electrons. The number of hydrogen-bond acceptors (Lipinski definition) is 6. The summed E-state index contributed by atoms with van der Waals surface area (Å²) in [6.07, 6.45) is 3.22. The van der Waals surface area contributed by atoms with E-state index >= 15 is 0 Å². The van der Waals surface area contributed by atoms with Gasteiger partial charge < -0.3 is 9.26 Å². The Morgan fingerprint density at radius 2 is 2.20 bits per heavy atom. The van der Waals surface area contributed by atoms with E-state index < -0.39 is 0 Å². The Morgan fingerprint density at radius 1 is 1.35 bits per heavy atom. The molecular weight excluding hydrogens is 256 g/mol. The van der Waals surface area contributed by atoms with Crippen LogP contribution in [-0.4, -0.2) is 22.2 Å². The minimum atomic E-state index is -0.164. The fourth-order valence-corrected chi connectivity index (χ4v) is 2.43. The van der Waals surface area contributed by atoms with Crippen LogP contribution in [0.2, 0.25) is 0 Å². The van der Waals surface area contributed by atoms with Crippen LogP contribution < -0.4 is 10.1 Å². The maximum Gasteiger partial charge on any atom is 0.223 e. The summed E-state index contributed by atoms with van der Waals surface area (Å²) < 4.78 is 10.2. The van der Waals surface area contributed by atoms with E-state index in [1.54, 1.807) is 7.11 Å². The van der Waals surface area contributed by atoms with Gasteiger partial charge in [-0.2, -0.15) is 4.98 Å². The number of aromatic nitrogens is 3. The van der Waals surface area contributed by atoms with E-state index in [9.17, 15) is 0 Å². The summed E-state index contributed by atoms with van der Waals surface area (Å²) >= 11 is 0. The molecule has 0 unspecified atom stereocenters. The van der Waals surface area contributed by atoms with E-state index in [0.717, 1.165) is 24.4 Å². The smallest absolute Gasteiger partial charge is 0.223 e. The highest BCUT2D eigenvalue weighted by atomic mass is 16.5. The van der Waals surface area contributed by atoms with E-state index in [2.05, 4.69) is 20.4 Å². The number of nitrogens with one attached hydrogen (secondary N) is 1. The van der Waals surface area contributed by atoms with Crippen LogP contribution >= 0.6 is 0 Å². The first-order chi connectivity index (χ1) is 9.72. The molecule has 0 amide bonds. The van der Waals surface area contributed by atoms with Crippen LogP contribution in [0.3, 0.4) is 0 Å². The molecule has 3 rings (SSSR count). The Morgan fingerprint density at radius 3 is 2.80 bits per heavy atom. The van der Waals surface area contributed by atoms with Crippen molar-refractivity contribution in [2.24, 2.45) is 0 Å². The van der Waals surface area contributed by atoms with Gasteiger partial charge in [0.15, 0.2) is 5.82 Å². The molecule has 6 heteroatoms. The lowest BCUT2D eigenvalue weighted by Gasteiger charge is -2.39. The molecule has 1 N–H and O–H groups in total. The van der Waals surface area contributed by atoms with Crippen molar-refractivity contribution in [1.82, 2.24) is 20.4 Å². The summed E-state index contributed by atoms with van der Waals surface area (Å²) in [7, 11) is 1.62. The van der Waals surface area contributed by atoms with Crippen LogP contribution in [0.4, 0.5) is 0 Å². The minimum Gasteiger partial charge on any atom is -0.481 e. The first-order valence-corrected chi connectivity index (χ1v) is 6.78. The SMILES string of the molecule is COc1cccc(CNC2(c3noc(C)n3)CCC2)n1. The minimum absolute atomic E-state index is 0.164. The van der Waals surface area contributed by atoms with Crippen molar-refractivity contribution in [1.29, 1.82) is 0 Å². The van der Waals surface area contributed by atoms with Gasteiger partial charge in [0.05, 0.1) is 18.3 Å². The van der Waals surface area contributed by atoms with Crippen LogP contribution in [0, 0.1) is 6.92 Å². The van der Waals surface area contributed by atoms with Crippen molar-refractivity contribution in [3.8, 4) is 5.88 Å². The van der Waals surface area contributed by atoms with Gasteiger partial charge in [0.2, 0.25) is 11.8 Å². The van der Waals surface area contributed by atoms with Gasteiger partial charge in [0, 0.05) is 19.5 Å². The predicted molar refractivity (Wildman–Crippen MR) is 72.2 cm³/mol. The maximum atomic E-state index is 5.14. The largest absolute Gasteiger partial charge is 0.481 e. The predicted octanol–water partition coefficient (Wildman–Crippen LogP) is 1.95. The third-order valence-corrected chi connectivity index (χ3v) is 3.76. The molecule has 0 saturated heterocycles. The highest BCUT2D eigenvalue weighted by molar-refractivity contribution is 5.17. The van der Waals surface area contributed by atoms with Crippen LogP contribution in [0.1, 0.15) is 36.7 Å². The Kier molecular flexibility index (Phi) is 3.40. The molecule has 0 bridgehead atoms. The van der Waals surface area contributed by atoms with Gasteiger partial charge in [-0.3, -0.25) is 5.32 Å². The molecule has 0 atom stereocenters. The quantitative estimate of drug-likeness (QED) is 0.898. The van der Waals surface area contributed by atoms with E-state index in [4.69, 9.17) is 9.26 Å². The Labute approximate surface area is 117 Å². The molecule has 0 aliphatic heterocycles. The zero-order valence-electron chi connectivity index (χ0n) is 11.7. The molecule has 0 aromatic carbocycles. The first-order valence-electron chi connectivity index (χ1n) is 6.78. The molecule has 20 heavy (non-hydrogen) atoms. The van der Waals surface area contributed by atoms with Crippen LogP contribution in [-0.2, 0) is 12.1 Å². The Bertz CT molecular complexity index is 592. The van der Waals surface area contributed by atoms with Gasteiger partial charge in [0.25, 0.3) is 0 Å². The summed E-state index contributed by atoms with van der Waals surface area (Å²) in [6.45, 7) is 2.47. The molecule has 1 aliphatic rings. The molecule has 1 saturated carbocycles. The molecule has 2 heterocycles. The second-order valence-corrected chi connectivity index (χ2v) is 5.10. The molecule has 2 aromatic heterocycles. The molecule has 6 nitrogen and oxygen atoms in total. The molecule has 106 valence electrons. The van der Waals surface area contributed by atoms with Crippen LogP contribution in [0.25, 0.3) is 0 Å². The van der Waals surface area contributed by atoms with Gasteiger partial charge in [0.1, 0.15) is 0 Å². The lowest BCUT2D eigenvalue weighted by Crippen LogP contribution is -2.48. The van der Waals surface area contributed by atoms with Crippen molar-refractivity contribution < 1.29 is 9.26 Å². The number of pyridine rings is 1.